The highest BCUT2D eigenvalue weighted by molar-refractivity contribution is 6.01. The molecule has 0 bridgehead atoms. The van der Waals surface area contributed by atoms with E-state index in [1.54, 1.807) is 30.1 Å². The van der Waals surface area contributed by atoms with Gasteiger partial charge in [-0.2, -0.15) is 0 Å². The van der Waals surface area contributed by atoms with Crippen molar-refractivity contribution >= 4 is 17.5 Å². The standard InChI is InChI=1S/C21H22N2O5/c1-22-16-11-15(7-8-17(16)28-13-19(22)25)21(26)23-9-10-27-18(12-24)20(23)14-5-3-2-4-6-14/h2-8,11,18,20,24H,9-10,12-13H2,1H3/t18-,20-/m0/s1. The molecule has 1 fully saturated rings. The van der Waals surface area contributed by atoms with Gasteiger partial charge in [-0.1, -0.05) is 30.3 Å². The minimum atomic E-state index is -0.495. The number of rotatable bonds is 3. The summed E-state index contributed by atoms with van der Waals surface area (Å²) in [5.41, 5.74) is 1.94. The Morgan fingerprint density at radius 2 is 2.00 bits per heavy atom. The van der Waals surface area contributed by atoms with Gasteiger partial charge in [0.25, 0.3) is 11.8 Å². The first-order valence-corrected chi connectivity index (χ1v) is 9.22. The van der Waals surface area contributed by atoms with Crippen LogP contribution in [0.4, 0.5) is 5.69 Å². The van der Waals surface area contributed by atoms with Gasteiger partial charge < -0.3 is 24.4 Å². The second-order valence-electron chi connectivity index (χ2n) is 6.87. The number of benzene rings is 2. The van der Waals surface area contributed by atoms with Gasteiger partial charge in [0.05, 0.1) is 24.9 Å². The summed E-state index contributed by atoms with van der Waals surface area (Å²) in [5.74, 6) is 0.240. The Kier molecular flexibility index (Phi) is 5.02. The third kappa shape index (κ3) is 3.23. The molecule has 0 radical (unpaired) electrons. The lowest BCUT2D eigenvalue weighted by atomic mass is 9.97. The smallest absolute Gasteiger partial charge is 0.264 e. The quantitative estimate of drug-likeness (QED) is 0.873. The van der Waals surface area contributed by atoms with Gasteiger partial charge in [-0.25, -0.2) is 0 Å². The van der Waals surface area contributed by atoms with Crippen LogP contribution in [0.1, 0.15) is 22.0 Å². The minimum absolute atomic E-state index is 0.00544. The third-order valence-corrected chi connectivity index (χ3v) is 5.23. The molecule has 7 nitrogen and oxygen atoms in total. The molecule has 2 heterocycles. The molecular weight excluding hydrogens is 360 g/mol. The molecular formula is C21H22N2O5. The van der Waals surface area contributed by atoms with Gasteiger partial charge in [0.15, 0.2) is 6.61 Å². The zero-order valence-corrected chi connectivity index (χ0v) is 15.6. The summed E-state index contributed by atoms with van der Waals surface area (Å²) < 4.78 is 11.2. The van der Waals surface area contributed by atoms with Gasteiger partial charge in [0.1, 0.15) is 11.9 Å². The van der Waals surface area contributed by atoms with Crippen LogP contribution in [0.5, 0.6) is 5.75 Å². The normalized spacial score (nSPS) is 21.9. The van der Waals surface area contributed by atoms with E-state index in [9.17, 15) is 14.7 Å². The lowest BCUT2D eigenvalue weighted by Gasteiger charge is -2.41. The van der Waals surface area contributed by atoms with Crippen molar-refractivity contribution in [3.05, 3.63) is 59.7 Å². The number of likely N-dealkylation sites (N-methyl/N-ethyl adjacent to an activating group) is 1. The van der Waals surface area contributed by atoms with Gasteiger partial charge in [-0.15, -0.1) is 0 Å². The first kappa shape index (κ1) is 18.5. The molecule has 2 atom stereocenters. The molecule has 0 aliphatic carbocycles. The van der Waals surface area contributed by atoms with E-state index in [-0.39, 0.29) is 31.1 Å². The Balaban J connectivity index is 1.69. The Morgan fingerprint density at radius 1 is 1.21 bits per heavy atom. The number of nitrogens with zero attached hydrogens (tertiary/aromatic N) is 2. The van der Waals surface area contributed by atoms with Crippen LogP contribution >= 0.6 is 0 Å². The number of aliphatic hydroxyl groups excluding tert-OH is 1. The van der Waals surface area contributed by atoms with Crippen molar-refractivity contribution in [3.8, 4) is 5.75 Å². The minimum Gasteiger partial charge on any atom is -0.482 e. The van der Waals surface area contributed by atoms with Crippen molar-refractivity contribution in [1.82, 2.24) is 4.90 Å². The highest BCUT2D eigenvalue weighted by Crippen LogP contribution is 2.35. The molecule has 1 N–H and O–H groups in total. The molecule has 2 amide bonds. The molecule has 2 aromatic rings. The van der Waals surface area contributed by atoms with Crippen LogP contribution < -0.4 is 9.64 Å². The fourth-order valence-corrected chi connectivity index (χ4v) is 3.73. The number of anilines is 1. The molecule has 7 heteroatoms. The SMILES string of the molecule is CN1C(=O)COc2ccc(C(=O)N3CCO[C@@H](CO)[C@@H]3c3ccccc3)cc21. The number of fused-ring (bicyclic) bond motifs is 1. The van der Waals surface area contributed by atoms with E-state index in [4.69, 9.17) is 9.47 Å². The Labute approximate surface area is 163 Å². The van der Waals surface area contributed by atoms with Crippen LogP contribution in [0, 0.1) is 0 Å². The second kappa shape index (κ2) is 7.61. The van der Waals surface area contributed by atoms with E-state index in [0.29, 0.717) is 30.2 Å². The van der Waals surface area contributed by atoms with Crippen LogP contribution in [0.2, 0.25) is 0 Å². The Hall–Kier alpha value is -2.90. The number of hydrogen-bond donors (Lipinski definition) is 1. The molecule has 1 saturated heterocycles. The van der Waals surface area contributed by atoms with Crippen molar-refractivity contribution < 1.29 is 24.2 Å². The summed E-state index contributed by atoms with van der Waals surface area (Å²) in [6.45, 7) is 0.580. The van der Waals surface area contributed by atoms with Crippen LogP contribution in [-0.2, 0) is 9.53 Å². The molecule has 146 valence electrons. The third-order valence-electron chi connectivity index (χ3n) is 5.23. The number of carbonyl (C=O) groups is 2. The average molecular weight is 382 g/mol. The number of morpholine rings is 1. The van der Waals surface area contributed by atoms with E-state index >= 15 is 0 Å². The van der Waals surface area contributed by atoms with Gasteiger partial charge in [-0.3, -0.25) is 9.59 Å². The van der Waals surface area contributed by atoms with Crippen molar-refractivity contribution in [2.24, 2.45) is 0 Å². The Bertz CT molecular complexity index is 886. The summed E-state index contributed by atoms with van der Waals surface area (Å²) >= 11 is 0. The molecule has 2 aliphatic rings. The fourth-order valence-electron chi connectivity index (χ4n) is 3.73. The predicted molar refractivity (Wildman–Crippen MR) is 102 cm³/mol. The van der Waals surface area contributed by atoms with E-state index in [1.807, 2.05) is 30.3 Å². The highest BCUT2D eigenvalue weighted by atomic mass is 16.5. The maximum absolute atomic E-state index is 13.4. The van der Waals surface area contributed by atoms with Crippen LogP contribution in [-0.4, -0.2) is 61.3 Å². The zero-order chi connectivity index (χ0) is 19.7. The van der Waals surface area contributed by atoms with E-state index in [1.165, 1.54) is 4.90 Å². The van der Waals surface area contributed by atoms with E-state index < -0.39 is 6.10 Å². The number of carbonyl (C=O) groups excluding carboxylic acids is 2. The summed E-state index contributed by atoms with van der Waals surface area (Å²) in [7, 11) is 1.67. The number of hydrogen-bond acceptors (Lipinski definition) is 5. The van der Waals surface area contributed by atoms with Crippen molar-refractivity contribution in [2.45, 2.75) is 12.1 Å². The van der Waals surface area contributed by atoms with Crippen molar-refractivity contribution in [3.63, 3.8) is 0 Å². The lowest BCUT2D eigenvalue weighted by Crippen LogP contribution is -2.49. The predicted octanol–water partition coefficient (Wildman–Crippen LogP) is 1.62. The van der Waals surface area contributed by atoms with Crippen LogP contribution in [0.3, 0.4) is 0 Å². The number of amides is 2. The first-order valence-electron chi connectivity index (χ1n) is 9.22. The van der Waals surface area contributed by atoms with Gasteiger partial charge in [-0.05, 0) is 23.8 Å². The summed E-state index contributed by atoms with van der Waals surface area (Å²) in [6.07, 6.45) is -0.495. The summed E-state index contributed by atoms with van der Waals surface area (Å²) in [5, 5.41) is 9.79. The highest BCUT2D eigenvalue weighted by Gasteiger charge is 2.37. The van der Waals surface area contributed by atoms with Gasteiger partial charge in [0, 0.05) is 19.2 Å². The maximum atomic E-state index is 13.4. The molecule has 0 unspecified atom stereocenters. The second-order valence-corrected chi connectivity index (χ2v) is 6.87. The summed E-state index contributed by atoms with van der Waals surface area (Å²) in [4.78, 5) is 28.5. The molecule has 0 spiro atoms. The zero-order valence-electron chi connectivity index (χ0n) is 15.6. The van der Waals surface area contributed by atoms with E-state index in [2.05, 4.69) is 0 Å². The average Bonchev–Trinajstić information content (AvgIpc) is 2.75. The maximum Gasteiger partial charge on any atom is 0.264 e. The molecule has 2 aliphatic heterocycles. The van der Waals surface area contributed by atoms with Gasteiger partial charge >= 0.3 is 0 Å². The van der Waals surface area contributed by atoms with Crippen molar-refractivity contribution in [2.75, 3.05) is 38.3 Å². The van der Waals surface area contributed by atoms with Crippen molar-refractivity contribution in [1.29, 1.82) is 0 Å². The number of aliphatic hydroxyl groups is 1. The largest absolute Gasteiger partial charge is 0.482 e. The molecule has 0 saturated carbocycles. The van der Waals surface area contributed by atoms with Crippen LogP contribution in [0.15, 0.2) is 48.5 Å². The molecule has 4 rings (SSSR count). The topological polar surface area (TPSA) is 79.3 Å². The fraction of sp³-hybridized carbons (Fsp3) is 0.333. The van der Waals surface area contributed by atoms with E-state index in [0.717, 1.165) is 5.56 Å². The molecule has 28 heavy (non-hydrogen) atoms. The van der Waals surface area contributed by atoms with Gasteiger partial charge in [0.2, 0.25) is 0 Å². The lowest BCUT2D eigenvalue weighted by molar-refractivity contribution is -0.120. The number of ether oxygens (including phenoxy) is 2. The molecule has 0 aromatic heterocycles. The Morgan fingerprint density at radius 3 is 2.75 bits per heavy atom. The summed E-state index contributed by atoms with van der Waals surface area (Å²) in [6, 6.07) is 14.3. The monoisotopic (exact) mass is 382 g/mol. The molecule has 2 aromatic carbocycles. The van der Waals surface area contributed by atoms with Crippen LogP contribution in [0.25, 0.3) is 0 Å². The first-order chi connectivity index (χ1) is 13.6.